The predicted molar refractivity (Wildman–Crippen MR) is 52.2 cm³/mol. The van der Waals surface area contributed by atoms with Crippen LogP contribution < -0.4 is 4.74 Å². The molecule has 0 atom stereocenters. The monoisotopic (exact) mass is 190 g/mol. The van der Waals surface area contributed by atoms with E-state index in [1.54, 1.807) is 0 Å². The molecule has 0 radical (unpaired) electrons. The summed E-state index contributed by atoms with van der Waals surface area (Å²) in [6, 6.07) is 7.49. The molecule has 0 aliphatic carbocycles. The lowest BCUT2D eigenvalue weighted by molar-refractivity contribution is -0.131. The van der Waals surface area contributed by atoms with Crippen LogP contribution in [-0.2, 0) is 4.79 Å². The number of fused-ring (bicyclic) bond motifs is 1. The average Bonchev–Trinajstić information content (AvgIpc) is 2.18. The zero-order valence-corrected chi connectivity index (χ0v) is 7.56. The molecular formula is C11H10O3. The summed E-state index contributed by atoms with van der Waals surface area (Å²) in [5, 5.41) is 8.67. The number of ether oxygens (including phenoxy) is 1. The van der Waals surface area contributed by atoms with Crippen LogP contribution in [0.3, 0.4) is 0 Å². The summed E-state index contributed by atoms with van der Waals surface area (Å²) < 4.78 is 5.40. The zero-order chi connectivity index (χ0) is 9.97. The van der Waals surface area contributed by atoms with Gasteiger partial charge in [-0.25, -0.2) is 4.79 Å². The lowest BCUT2D eigenvalue weighted by Gasteiger charge is -2.19. The number of aliphatic carboxylic acids is 1. The molecule has 0 aromatic heterocycles. The second-order valence-corrected chi connectivity index (χ2v) is 3.10. The van der Waals surface area contributed by atoms with Crippen LogP contribution in [0.15, 0.2) is 30.3 Å². The Morgan fingerprint density at radius 3 is 3.00 bits per heavy atom. The minimum Gasteiger partial charge on any atom is -0.493 e. The van der Waals surface area contributed by atoms with Gasteiger partial charge in [-0.2, -0.15) is 0 Å². The fourth-order valence-electron chi connectivity index (χ4n) is 1.56. The van der Waals surface area contributed by atoms with Crippen molar-refractivity contribution in [1.82, 2.24) is 0 Å². The SMILES string of the molecule is O=C(O)/C=C1\CCOc2ccccc21. The number of hydrogen-bond donors (Lipinski definition) is 1. The fourth-order valence-corrected chi connectivity index (χ4v) is 1.56. The molecule has 14 heavy (non-hydrogen) atoms. The molecule has 1 aromatic carbocycles. The highest BCUT2D eigenvalue weighted by atomic mass is 16.5. The van der Waals surface area contributed by atoms with Crippen LogP contribution in [0.4, 0.5) is 0 Å². The Balaban J connectivity index is 2.45. The lowest BCUT2D eigenvalue weighted by atomic mass is 10.00. The van der Waals surface area contributed by atoms with Crippen LogP contribution in [0.1, 0.15) is 12.0 Å². The maximum absolute atomic E-state index is 10.6. The Morgan fingerprint density at radius 2 is 2.21 bits per heavy atom. The van der Waals surface area contributed by atoms with Gasteiger partial charge in [0.25, 0.3) is 0 Å². The van der Waals surface area contributed by atoms with Crippen molar-refractivity contribution >= 4 is 11.5 Å². The first-order chi connectivity index (χ1) is 6.77. The molecule has 1 heterocycles. The molecule has 1 aliphatic rings. The van der Waals surface area contributed by atoms with Crippen molar-refractivity contribution < 1.29 is 14.6 Å². The van der Waals surface area contributed by atoms with Crippen LogP contribution in [0.25, 0.3) is 5.57 Å². The first kappa shape index (κ1) is 8.81. The summed E-state index contributed by atoms with van der Waals surface area (Å²) in [5.74, 6) is -0.136. The van der Waals surface area contributed by atoms with E-state index in [0.29, 0.717) is 13.0 Å². The number of carboxylic acids is 1. The molecule has 0 bridgehead atoms. The Hall–Kier alpha value is -1.77. The third-order valence-corrected chi connectivity index (χ3v) is 2.16. The van der Waals surface area contributed by atoms with Crippen LogP contribution >= 0.6 is 0 Å². The molecule has 72 valence electrons. The lowest BCUT2D eigenvalue weighted by Crippen LogP contribution is -2.08. The Kier molecular flexibility index (Phi) is 2.23. The van der Waals surface area contributed by atoms with Crippen molar-refractivity contribution in [3.05, 3.63) is 35.9 Å². The van der Waals surface area contributed by atoms with Gasteiger partial charge in [0.15, 0.2) is 0 Å². The second-order valence-electron chi connectivity index (χ2n) is 3.10. The predicted octanol–water partition coefficient (Wildman–Crippen LogP) is 1.94. The molecule has 2 rings (SSSR count). The third-order valence-electron chi connectivity index (χ3n) is 2.16. The van der Waals surface area contributed by atoms with Gasteiger partial charge in [-0.3, -0.25) is 0 Å². The number of hydrogen-bond acceptors (Lipinski definition) is 2. The van der Waals surface area contributed by atoms with Gasteiger partial charge in [0, 0.05) is 18.1 Å². The van der Waals surface area contributed by atoms with Gasteiger partial charge in [0.2, 0.25) is 0 Å². The van der Waals surface area contributed by atoms with E-state index in [1.165, 1.54) is 6.08 Å². The second kappa shape index (κ2) is 3.54. The largest absolute Gasteiger partial charge is 0.493 e. The Bertz CT molecular complexity index is 393. The quantitative estimate of drug-likeness (QED) is 0.688. The van der Waals surface area contributed by atoms with E-state index >= 15 is 0 Å². The van der Waals surface area contributed by atoms with Crippen LogP contribution in [0.5, 0.6) is 5.75 Å². The Labute approximate surface area is 81.6 Å². The molecule has 1 aliphatic heterocycles. The number of rotatable bonds is 1. The van der Waals surface area contributed by atoms with Crippen molar-refractivity contribution in [2.75, 3.05) is 6.61 Å². The topological polar surface area (TPSA) is 46.5 Å². The normalized spacial score (nSPS) is 17.3. The van der Waals surface area contributed by atoms with E-state index in [0.717, 1.165) is 16.9 Å². The van der Waals surface area contributed by atoms with Gasteiger partial charge in [-0.15, -0.1) is 0 Å². The Morgan fingerprint density at radius 1 is 1.43 bits per heavy atom. The number of carboxylic acid groups (broad SMARTS) is 1. The highest BCUT2D eigenvalue weighted by Gasteiger charge is 2.14. The first-order valence-electron chi connectivity index (χ1n) is 4.43. The first-order valence-corrected chi connectivity index (χ1v) is 4.43. The maximum atomic E-state index is 10.6. The number of para-hydroxylation sites is 1. The minimum atomic E-state index is -0.906. The van der Waals surface area contributed by atoms with Crippen molar-refractivity contribution in [3.63, 3.8) is 0 Å². The third kappa shape index (κ3) is 1.62. The van der Waals surface area contributed by atoms with Gasteiger partial charge in [0.05, 0.1) is 6.61 Å². The summed E-state index contributed by atoms with van der Waals surface area (Å²) in [7, 11) is 0. The van der Waals surface area contributed by atoms with Gasteiger partial charge >= 0.3 is 5.97 Å². The standard InChI is InChI=1S/C11H10O3/c12-11(13)7-8-5-6-14-10-4-2-1-3-9(8)10/h1-4,7H,5-6H2,(H,12,13)/b8-7+. The van der Waals surface area contributed by atoms with Gasteiger partial charge in [-0.05, 0) is 11.6 Å². The highest BCUT2D eigenvalue weighted by molar-refractivity contribution is 5.91. The molecule has 0 saturated heterocycles. The fraction of sp³-hybridized carbons (Fsp3) is 0.182. The van der Waals surface area contributed by atoms with E-state index in [9.17, 15) is 4.79 Å². The molecule has 1 N–H and O–H groups in total. The summed E-state index contributed by atoms with van der Waals surface area (Å²) in [6.45, 7) is 0.552. The maximum Gasteiger partial charge on any atom is 0.328 e. The highest BCUT2D eigenvalue weighted by Crippen LogP contribution is 2.32. The van der Waals surface area contributed by atoms with Crippen LogP contribution in [0.2, 0.25) is 0 Å². The van der Waals surface area contributed by atoms with Crippen molar-refractivity contribution in [2.45, 2.75) is 6.42 Å². The summed E-state index contributed by atoms with van der Waals surface area (Å²) in [4.78, 5) is 10.6. The van der Waals surface area contributed by atoms with Crippen molar-refractivity contribution in [3.8, 4) is 5.75 Å². The number of carbonyl (C=O) groups is 1. The summed E-state index contributed by atoms with van der Waals surface area (Å²) in [5.41, 5.74) is 1.72. The molecule has 0 fully saturated rings. The summed E-state index contributed by atoms with van der Waals surface area (Å²) >= 11 is 0. The molecule has 3 heteroatoms. The smallest absolute Gasteiger partial charge is 0.328 e. The summed E-state index contributed by atoms with van der Waals surface area (Å²) in [6.07, 6.45) is 1.91. The molecule has 0 amide bonds. The van der Waals surface area contributed by atoms with Crippen molar-refractivity contribution in [1.29, 1.82) is 0 Å². The van der Waals surface area contributed by atoms with Gasteiger partial charge in [-0.1, -0.05) is 18.2 Å². The van der Waals surface area contributed by atoms with Crippen LogP contribution in [0, 0.1) is 0 Å². The zero-order valence-electron chi connectivity index (χ0n) is 7.56. The molecule has 1 aromatic rings. The number of benzene rings is 1. The van der Waals surface area contributed by atoms with Crippen molar-refractivity contribution in [2.24, 2.45) is 0 Å². The van der Waals surface area contributed by atoms with E-state index in [2.05, 4.69) is 0 Å². The van der Waals surface area contributed by atoms with E-state index in [1.807, 2.05) is 24.3 Å². The van der Waals surface area contributed by atoms with E-state index in [4.69, 9.17) is 9.84 Å². The molecule has 0 unspecified atom stereocenters. The van der Waals surface area contributed by atoms with Gasteiger partial charge < -0.3 is 9.84 Å². The average molecular weight is 190 g/mol. The minimum absolute atomic E-state index is 0.552. The molecular weight excluding hydrogens is 180 g/mol. The van der Waals surface area contributed by atoms with Crippen LogP contribution in [-0.4, -0.2) is 17.7 Å². The van der Waals surface area contributed by atoms with Gasteiger partial charge in [0.1, 0.15) is 5.75 Å². The van der Waals surface area contributed by atoms with E-state index < -0.39 is 5.97 Å². The van der Waals surface area contributed by atoms with E-state index in [-0.39, 0.29) is 0 Å². The molecule has 3 nitrogen and oxygen atoms in total. The molecule has 0 saturated carbocycles. The molecule has 0 spiro atoms.